The highest BCUT2D eigenvalue weighted by Crippen LogP contribution is 2.39. The Morgan fingerprint density at radius 2 is 1.19 bits per heavy atom. The Morgan fingerprint density at radius 3 is 1.81 bits per heavy atom. The van der Waals surface area contributed by atoms with E-state index in [1.54, 1.807) is 0 Å². The van der Waals surface area contributed by atoms with Crippen LogP contribution in [0.5, 0.6) is 0 Å². The van der Waals surface area contributed by atoms with Gasteiger partial charge in [-0.2, -0.15) is 0 Å². The molecule has 0 fully saturated rings. The van der Waals surface area contributed by atoms with E-state index in [-0.39, 0.29) is 5.92 Å². The van der Waals surface area contributed by atoms with Crippen molar-refractivity contribution in [1.82, 2.24) is 16.0 Å². The molecule has 0 heterocycles. The van der Waals surface area contributed by atoms with Crippen LogP contribution in [0, 0.1) is 0 Å². The molecule has 4 heteroatoms. The third kappa shape index (κ3) is 4.49. The maximum absolute atomic E-state index is 8.25. The van der Waals surface area contributed by atoms with Gasteiger partial charge in [0.2, 0.25) is 0 Å². The van der Waals surface area contributed by atoms with Crippen LogP contribution >= 0.6 is 0 Å². The minimum atomic E-state index is 0.176. The Bertz CT molecular complexity index is 1050. The molecule has 3 aromatic carbocycles. The molecule has 0 aromatic heterocycles. The van der Waals surface area contributed by atoms with Gasteiger partial charge in [-0.25, -0.2) is 5.11 Å². The highest BCUT2D eigenvalue weighted by Gasteiger charge is 2.27. The fraction of sp³-hybridized carbons (Fsp3) is 0.185. The van der Waals surface area contributed by atoms with Gasteiger partial charge in [0.25, 0.3) is 0 Å². The summed E-state index contributed by atoms with van der Waals surface area (Å²) in [4.78, 5) is 0. The standard InChI is InChI=1S/C26H27N3.CH3O/c1-27-24-17-23(25(28-2)26(24)29-3)22-12-8-7-11-21(22)20-15-13-19(14-16-20)18-9-5-4-6-10-18;1-2/h4-17,23,27-29H,1-3H3;1H3. The Labute approximate surface area is 185 Å². The number of nitrogens with one attached hydrogen (secondary N) is 3. The van der Waals surface area contributed by atoms with Gasteiger partial charge in [0, 0.05) is 32.8 Å². The normalized spacial score (nSPS) is 15.0. The van der Waals surface area contributed by atoms with Crippen LogP contribution in [0.4, 0.5) is 0 Å². The average Bonchev–Trinajstić information content (AvgIpc) is 3.23. The molecule has 4 rings (SSSR count). The molecule has 1 radical (unpaired) electrons. The van der Waals surface area contributed by atoms with E-state index in [0.717, 1.165) is 18.5 Å². The first-order valence-corrected chi connectivity index (χ1v) is 10.4. The lowest BCUT2D eigenvalue weighted by Crippen LogP contribution is -2.21. The summed E-state index contributed by atoms with van der Waals surface area (Å²) in [5, 5.41) is 18.3. The third-order valence-electron chi connectivity index (χ3n) is 5.57. The van der Waals surface area contributed by atoms with E-state index < -0.39 is 0 Å². The van der Waals surface area contributed by atoms with Crippen molar-refractivity contribution < 1.29 is 5.11 Å². The highest BCUT2D eigenvalue weighted by atomic mass is 16.2. The van der Waals surface area contributed by atoms with Gasteiger partial charge >= 0.3 is 0 Å². The smallest absolute Gasteiger partial charge is 0.0772 e. The average molecular weight is 413 g/mol. The molecule has 4 nitrogen and oxygen atoms in total. The minimum Gasteiger partial charge on any atom is -0.389 e. The molecule has 1 aliphatic carbocycles. The summed E-state index contributed by atoms with van der Waals surface area (Å²) in [5.74, 6) is 0.176. The van der Waals surface area contributed by atoms with E-state index in [9.17, 15) is 0 Å². The van der Waals surface area contributed by atoms with Gasteiger partial charge in [0.15, 0.2) is 0 Å². The van der Waals surface area contributed by atoms with Crippen LogP contribution in [-0.4, -0.2) is 28.3 Å². The van der Waals surface area contributed by atoms with E-state index in [2.05, 4.69) is 101 Å². The van der Waals surface area contributed by atoms with Gasteiger partial charge in [-0.1, -0.05) is 78.9 Å². The second kappa shape index (κ2) is 10.5. The van der Waals surface area contributed by atoms with E-state index >= 15 is 0 Å². The summed E-state index contributed by atoms with van der Waals surface area (Å²) in [6.07, 6.45) is 2.29. The van der Waals surface area contributed by atoms with Crippen molar-refractivity contribution in [3.63, 3.8) is 0 Å². The van der Waals surface area contributed by atoms with Gasteiger partial charge in [0.05, 0.1) is 18.5 Å². The number of hydrogen-bond acceptors (Lipinski definition) is 3. The van der Waals surface area contributed by atoms with E-state index in [1.165, 1.54) is 33.5 Å². The van der Waals surface area contributed by atoms with Gasteiger partial charge in [-0.15, -0.1) is 0 Å². The zero-order valence-corrected chi connectivity index (χ0v) is 18.6. The summed E-state index contributed by atoms with van der Waals surface area (Å²) in [5.41, 5.74) is 9.68. The predicted molar refractivity (Wildman–Crippen MR) is 129 cm³/mol. The lowest BCUT2D eigenvalue weighted by atomic mass is 9.89. The Kier molecular flexibility index (Phi) is 7.52. The zero-order chi connectivity index (χ0) is 22.2. The van der Waals surface area contributed by atoms with Crippen LogP contribution in [0.2, 0.25) is 0 Å². The lowest BCUT2D eigenvalue weighted by Gasteiger charge is -2.19. The summed E-state index contributed by atoms with van der Waals surface area (Å²) < 4.78 is 0. The number of benzene rings is 3. The van der Waals surface area contributed by atoms with Gasteiger partial charge in [0.1, 0.15) is 0 Å². The fourth-order valence-electron chi connectivity index (χ4n) is 4.14. The summed E-state index contributed by atoms with van der Waals surface area (Å²) in [6.45, 7) is 0. The molecule has 0 saturated carbocycles. The van der Waals surface area contributed by atoms with E-state index in [1.807, 2.05) is 21.1 Å². The number of allylic oxidation sites excluding steroid dienone is 1. The van der Waals surface area contributed by atoms with Crippen molar-refractivity contribution in [3.05, 3.63) is 108 Å². The van der Waals surface area contributed by atoms with Crippen LogP contribution in [0.15, 0.2) is 102 Å². The Balaban J connectivity index is 0.00000132. The predicted octanol–water partition coefficient (Wildman–Crippen LogP) is 4.92. The molecule has 0 bridgehead atoms. The second-order valence-electron chi connectivity index (χ2n) is 7.13. The highest BCUT2D eigenvalue weighted by molar-refractivity contribution is 5.74. The lowest BCUT2D eigenvalue weighted by molar-refractivity contribution is 0.282. The maximum atomic E-state index is 8.25. The van der Waals surface area contributed by atoms with Crippen LogP contribution < -0.4 is 16.0 Å². The molecular weight excluding hydrogens is 382 g/mol. The Hall–Kier alpha value is -3.50. The molecule has 0 aliphatic heterocycles. The molecule has 1 unspecified atom stereocenters. The molecule has 3 aromatic rings. The topological polar surface area (TPSA) is 56.0 Å². The molecule has 31 heavy (non-hydrogen) atoms. The molecule has 0 amide bonds. The number of rotatable bonds is 6. The molecule has 1 aliphatic rings. The molecule has 3 N–H and O–H groups in total. The van der Waals surface area contributed by atoms with Crippen molar-refractivity contribution in [1.29, 1.82) is 0 Å². The van der Waals surface area contributed by atoms with Crippen molar-refractivity contribution >= 4 is 0 Å². The molecule has 159 valence electrons. The quantitative estimate of drug-likeness (QED) is 0.539. The summed E-state index contributed by atoms with van der Waals surface area (Å²) in [7, 11) is 6.67. The van der Waals surface area contributed by atoms with Gasteiger partial charge < -0.3 is 16.0 Å². The van der Waals surface area contributed by atoms with Gasteiger partial charge in [-0.05, 0) is 33.9 Å². The molecular formula is C27H30N3O. The van der Waals surface area contributed by atoms with Crippen LogP contribution in [-0.2, 0) is 5.11 Å². The first-order chi connectivity index (χ1) is 15.3. The van der Waals surface area contributed by atoms with Crippen LogP contribution in [0.3, 0.4) is 0 Å². The number of hydrogen-bond donors (Lipinski definition) is 3. The number of likely N-dealkylation sites (N-methyl/N-ethyl adjacent to an activating group) is 3. The van der Waals surface area contributed by atoms with Crippen molar-refractivity contribution in [2.45, 2.75) is 5.92 Å². The largest absolute Gasteiger partial charge is 0.389 e. The molecule has 0 saturated heterocycles. The van der Waals surface area contributed by atoms with Crippen molar-refractivity contribution in [3.8, 4) is 22.3 Å². The summed E-state index contributed by atoms with van der Waals surface area (Å²) >= 11 is 0. The second-order valence-corrected chi connectivity index (χ2v) is 7.13. The minimum absolute atomic E-state index is 0.176. The fourth-order valence-corrected chi connectivity index (χ4v) is 4.14. The zero-order valence-electron chi connectivity index (χ0n) is 18.6. The molecule has 0 spiro atoms. The Morgan fingerprint density at radius 1 is 0.613 bits per heavy atom. The monoisotopic (exact) mass is 412 g/mol. The first-order valence-electron chi connectivity index (χ1n) is 10.4. The SMILES string of the molecule is CNC1=CC(c2ccccc2-c2ccc(-c3ccccc3)cc2)C(NC)=C1NC.C[O]. The van der Waals surface area contributed by atoms with Crippen molar-refractivity contribution in [2.24, 2.45) is 0 Å². The molecule has 1 atom stereocenters. The third-order valence-corrected chi connectivity index (χ3v) is 5.57. The van der Waals surface area contributed by atoms with Crippen molar-refractivity contribution in [2.75, 3.05) is 28.3 Å². The van der Waals surface area contributed by atoms with Gasteiger partial charge in [-0.3, -0.25) is 0 Å². The van der Waals surface area contributed by atoms with Crippen LogP contribution in [0.25, 0.3) is 22.3 Å². The first kappa shape index (κ1) is 22.2. The van der Waals surface area contributed by atoms with E-state index in [4.69, 9.17) is 5.11 Å². The van der Waals surface area contributed by atoms with E-state index in [0.29, 0.717) is 0 Å². The summed E-state index contributed by atoms with van der Waals surface area (Å²) in [6, 6.07) is 28.0. The maximum Gasteiger partial charge on any atom is 0.0772 e. The van der Waals surface area contributed by atoms with Crippen LogP contribution in [0.1, 0.15) is 11.5 Å².